The summed E-state index contributed by atoms with van der Waals surface area (Å²) < 4.78 is 6.07. The summed E-state index contributed by atoms with van der Waals surface area (Å²) in [5.41, 5.74) is 3.47. The number of fused-ring (bicyclic) bond motifs is 3. The monoisotopic (exact) mass is 565 g/mol. The van der Waals surface area contributed by atoms with E-state index in [0.29, 0.717) is 29.2 Å². The van der Waals surface area contributed by atoms with Crippen LogP contribution in [0.25, 0.3) is 11.3 Å². The van der Waals surface area contributed by atoms with Crippen molar-refractivity contribution >= 4 is 29.0 Å². The fourth-order valence-electron chi connectivity index (χ4n) is 6.81. The minimum absolute atomic E-state index is 0.0160. The first-order chi connectivity index (χ1) is 19.1. The zero-order valence-electron chi connectivity index (χ0n) is 23.7. The summed E-state index contributed by atoms with van der Waals surface area (Å²) >= 11 is 0. The van der Waals surface area contributed by atoms with Crippen molar-refractivity contribution in [1.82, 2.24) is 10.2 Å². The molecule has 0 radical (unpaired) electrons. The van der Waals surface area contributed by atoms with Gasteiger partial charge in [-0.3, -0.25) is 28.9 Å². The normalized spacial score (nSPS) is 29.8. The lowest BCUT2D eigenvalue weighted by molar-refractivity contribution is -0.181. The Bertz CT molecular complexity index is 1480. The van der Waals surface area contributed by atoms with Crippen LogP contribution in [0, 0.1) is 23.7 Å². The van der Waals surface area contributed by atoms with Gasteiger partial charge < -0.3 is 25.7 Å². The van der Waals surface area contributed by atoms with Crippen LogP contribution in [-0.4, -0.2) is 75.4 Å². The van der Waals surface area contributed by atoms with Crippen molar-refractivity contribution in [3.8, 4) is 17.1 Å². The van der Waals surface area contributed by atoms with Crippen LogP contribution in [0.3, 0.4) is 0 Å². The predicted molar refractivity (Wildman–Crippen MR) is 146 cm³/mol. The number of ketones is 4. The summed E-state index contributed by atoms with van der Waals surface area (Å²) in [6, 6.07) is 5.45. The van der Waals surface area contributed by atoms with Gasteiger partial charge in [0.1, 0.15) is 17.3 Å². The topological polar surface area (TPSA) is 180 Å². The third-order valence-electron chi connectivity index (χ3n) is 8.66. The molecule has 2 aromatic rings. The largest absolute Gasteiger partial charge is 0.507 e. The number of aliphatic hydroxyl groups is 1. The van der Waals surface area contributed by atoms with Gasteiger partial charge in [-0.05, 0) is 83.5 Å². The molecule has 1 heterocycles. The van der Waals surface area contributed by atoms with Crippen molar-refractivity contribution in [2.75, 3.05) is 14.1 Å². The molecule has 41 heavy (non-hydrogen) atoms. The van der Waals surface area contributed by atoms with E-state index in [0.717, 1.165) is 0 Å². The Morgan fingerprint density at radius 1 is 1.12 bits per heavy atom. The molecule has 2 fully saturated rings. The molecule has 3 aliphatic carbocycles. The van der Waals surface area contributed by atoms with E-state index < -0.39 is 64.4 Å². The Morgan fingerprint density at radius 2 is 1.80 bits per heavy atom. The molecule has 0 saturated heterocycles. The minimum Gasteiger partial charge on any atom is -0.507 e. The number of hydrogen-bond donors (Lipinski definition) is 4. The number of furan rings is 1. The van der Waals surface area contributed by atoms with Gasteiger partial charge in [0.25, 0.3) is 0 Å². The van der Waals surface area contributed by atoms with Crippen molar-refractivity contribution in [2.45, 2.75) is 57.3 Å². The van der Waals surface area contributed by atoms with Crippen LogP contribution in [0.15, 0.2) is 28.7 Å². The predicted octanol–water partition coefficient (Wildman–Crippen LogP) is 1.02. The van der Waals surface area contributed by atoms with E-state index in [1.807, 2.05) is 26.8 Å². The molecule has 218 valence electrons. The lowest BCUT2D eigenvalue weighted by Crippen LogP contribution is -2.74. The molecule has 5 rings (SSSR count). The third-order valence-corrected chi connectivity index (χ3v) is 8.66. The molecular formula is C30H35N3O8. The molecule has 3 unspecified atom stereocenters. The fraction of sp³-hybridized carbons (Fsp3) is 0.500. The van der Waals surface area contributed by atoms with Gasteiger partial charge in [0.2, 0.25) is 5.91 Å². The SMILES string of the molecule is CN(C)C1C(=O)C(C(N)=O)C(=O)[C@]2(O)C(=O)C3C(=O)c4c(O)ccc(-c5ccc(CNC(C)(C)C)o5)c4C[C@@H]3C[C@H]12. The van der Waals surface area contributed by atoms with Gasteiger partial charge >= 0.3 is 0 Å². The number of likely N-dealkylation sites (N-methyl/N-ethyl adjacent to an activating group) is 1. The number of nitrogens with one attached hydrogen (secondary N) is 1. The summed E-state index contributed by atoms with van der Waals surface area (Å²) in [5, 5.41) is 25.8. The van der Waals surface area contributed by atoms with Crippen LogP contribution in [0.1, 0.15) is 48.9 Å². The van der Waals surface area contributed by atoms with Crippen LogP contribution >= 0.6 is 0 Å². The molecule has 0 bridgehead atoms. The van der Waals surface area contributed by atoms with E-state index in [9.17, 15) is 34.2 Å². The molecule has 11 nitrogen and oxygen atoms in total. The third kappa shape index (κ3) is 4.43. The smallest absolute Gasteiger partial charge is 0.235 e. The van der Waals surface area contributed by atoms with Crippen molar-refractivity contribution in [2.24, 2.45) is 29.4 Å². The lowest BCUT2D eigenvalue weighted by Gasteiger charge is -2.52. The summed E-state index contributed by atoms with van der Waals surface area (Å²) in [6.45, 7) is 6.57. The summed E-state index contributed by atoms with van der Waals surface area (Å²) in [4.78, 5) is 68.0. The Labute approximate surface area is 237 Å². The average Bonchev–Trinajstić information content (AvgIpc) is 3.33. The zero-order chi connectivity index (χ0) is 30.2. The quantitative estimate of drug-likeness (QED) is 0.382. The number of nitrogens with zero attached hydrogens (tertiary/aromatic N) is 1. The number of Topliss-reactive ketones (excluding diaryl/α,β-unsaturated/α-hetero) is 4. The van der Waals surface area contributed by atoms with Gasteiger partial charge in [-0.2, -0.15) is 0 Å². The van der Waals surface area contributed by atoms with Gasteiger partial charge in [0.15, 0.2) is 34.7 Å². The number of carbonyl (C=O) groups is 5. The average molecular weight is 566 g/mol. The highest BCUT2D eigenvalue weighted by atomic mass is 16.3. The number of benzene rings is 1. The molecule has 0 aliphatic heterocycles. The minimum atomic E-state index is -2.75. The lowest BCUT2D eigenvalue weighted by atomic mass is 9.52. The second-order valence-corrected chi connectivity index (χ2v) is 12.6. The van der Waals surface area contributed by atoms with Crippen LogP contribution in [0.2, 0.25) is 0 Å². The molecule has 1 amide bonds. The maximum atomic E-state index is 13.9. The van der Waals surface area contributed by atoms with Crippen LogP contribution in [0.4, 0.5) is 0 Å². The number of phenolic OH excluding ortho intramolecular Hbond substituents is 1. The number of carbonyl (C=O) groups excluding carboxylic acids is 5. The maximum absolute atomic E-state index is 13.9. The molecule has 2 saturated carbocycles. The van der Waals surface area contributed by atoms with E-state index in [2.05, 4.69) is 5.32 Å². The van der Waals surface area contributed by atoms with Crippen LogP contribution in [0.5, 0.6) is 5.75 Å². The van der Waals surface area contributed by atoms with Crippen LogP contribution < -0.4 is 11.1 Å². The number of primary amides is 1. The van der Waals surface area contributed by atoms with Gasteiger partial charge in [0, 0.05) is 17.0 Å². The van der Waals surface area contributed by atoms with E-state index in [4.69, 9.17) is 10.2 Å². The molecule has 1 aromatic heterocycles. The summed E-state index contributed by atoms with van der Waals surface area (Å²) in [7, 11) is 3.10. The highest BCUT2D eigenvalue weighted by Crippen LogP contribution is 2.51. The van der Waals surface area contributed by atoms with Crippen LogP contribution in [-0.2, 0) is 32.1 Å². The van der Waals surface area contributed by atoms with E-state index >= 15 is 0 Å². The number of amides is 1. The standard InChI is InChI=1S/C30H35N3O8/c1-29(2,3)32-12-14-6-9-19(41-14)15-7-8-18(34)21-16(15)10-13-11-17-23(33(4)5)25(36)22(28(31)39)27(38)30(17,40)26(37)20(13)24(21)35/h6-9,13,17,20,22-23,32,34,40H,10-12H2,1-5H3,(H2,31,39)/t13-,17-,20?,22?,23?,30-/m1/s1. The van der Waals surface area contributed by atoms with Crippen molar-refractivity contribution < 1.29 is 38.6 Å². The molecule has 6 atom stereocenters. The highest BCUT2D eigenvalue weighted by molar-refractivity contribution is 6.32. The Morgan fingerprint density at radius 3 is 2.41 bits per heavy atom. The van der Waals surface area contributed by atoms with Gasteiger partial charge in [-0.15, -0.1) is 0 Å². The molecular weight excluding hydrogens is 530 g/mol. The van der Waals surface area contributed by atoms with Gasteiger partial charge in [-0.1, -0.05) is 0 Å². The van der Waals surface area contributed by atoms with E-state index in [1.165, 1.54) is 11.0 Å². The van der Waals surface area contributed by atoms with Gasteiger partial charge in [-0.25, -0.2) is 0 Å². The maximum Gasteiger partial charge on any atom is 0.235 e. The first-order valence-corrected chi connectivity index (χ1v) is 13.6. The Hall–Kier alpha value is -3.67. The van der Waals surface area contributed by atoms with Crippen molar-refractivity contribution in [3.05, 3.63) is 41.2 Å². The Kier molecular flexibility index (Phi) is 6.83. The summed E-state index contributed by atoms with van der Waals surface area (Å²) in [6.07, 6.45) is 0.143. The van der Waals surface area contributed by atoms with Crippen molar-refractivity contribution in [1.29, 1.82) is 0 Å². The zero-order valence-corrected chi connectivity index (χ0v) is 23.7. The Balaban J connectivity index is 1.57. The molecule has 11 heteroatoms. The number of rotatable bonds is 5. The highest BCUT2D eigenvalue weighted by Gasteiger charge is 2.69. The second kappa shape index (κ2) is 9.71. The van der Waals surface area contributed by atoms with Crippen molar-refractivity contribution in [3.63, 3.8) is 0 Å². The van der Waals surface area contributed by atoms with Gasteiger partial charge in [0.05, 0.1) is 24.1 Å². The number of nitrogens with two attached hydrogens (primary N) is 1. The molecule has 1 aromatic carbocycles. The summed E-state index contributed by atoms with van der Waals surface area (Å²) in [5.74, 6) is -9.59. The fourth-order valence-corrected chi connectivity index (χ4v) is 6.81. The first kappa shape index (κ1) is 28.8. The van der Waals surface area contributed by atoms with E-state index in [1.54, 1.807) is 26.2 Å². The first-order valence-electron chi connectivity index (χ1n) is 13.6. The molecule has 3 aliphatic rings. The van der Waals surface area contributed by atoms with E-state index in [-0.39, 0.29) is 29.7 Å². The molecule has 5 N–H and O–H groups in total. The molecule has 0 spiro atoms. The second-order valence-electron chi connectivity index (χ2n) is 12.6. The number of hydrogen-bond acceptors (Lipinski definition) is 10. The number of aromatic hydroxyl groups is 1. The number of phenols is 1.